The molecule has 1 unspecified atom stereocenters. The lowest BCUT2D eigenvalue weighted by atomic mass is 9.81. The largest absolute Gasteiger partial charge is 0.361 e. The molecule has 0 aliphatic heterocycles. The average molecular weight is 280 g/mol. The van der Waals surface area contributed by atoms with Crippen molar-refractivity contribution in [3.8, 4) is 6.07 Å². The zero-order valence-corrected chi connectivity index (χ0v) is 12.9. The molecule has 0 fully saturated rings. The van der Waals surface area contributed by atoms with Crippen LogP contribution >= 0.6 is 0 Å². The molecule has 2 rings (SSSR count). The quantitative estimate of drug-likeness (QED) is 0.927. The molecule has 0 amide bonds. The fraction of sp³-hybridized carbons (Fsp3) is 0.353. The molecule has 0 radical (unpaired) electrons. The number of hydrogen-bond donors (Lipinski definition) is 1. The highest BCUT2D eigenvalue weighted by Gasteiger charge is 2.27. The minimum absolute atomic E-state index is 0.0156. The molecule has 0 aliphatic carbocycles. The van der Waals surface area contributed by atoms with Crippen LogP contribution < -0.4 is 5.32 Å². The second-order valence-electron chi connectivity index (χ2n) is 6.20. The smallest absolute Gasteiger partial charge is 0.158 e. The summed E-state index contributed by atoms with van der Waals surface area (Å²) in [6, 6.07) is 10.4. The van der Waals surface area contributed by atoms with Crippen LogP contribution in [0.5, 0.6) is 0 Å². The van der Waals surface area contributed by atoms with Crippen LogP contribution in [-0.2, 0) is 0 Å². The summed E-state index contributed by atoms with van der Waals surface area (Å²) in [6.45, 7) is 8.68. The molecular weight excluding hydrogens is 260 g/mol. The third-order valence-electron chi connectivity index (χ3n) is 3.42. The highest BCUT2D eigenvalue weighted by Crippen LogP contribution is 2.36. The van der Waals surface area contributed by atoms with Gasteiger partial charge in [0.05, 0.1) is 18.4 Å². The van der Waals surface area contributed by atoms with Crippen molar-refractivity contribution in [3.05, 3.63) is 53.5 Å². The van der Waals surface area contributed by atoms with E-state index in [2.05, 4.69) is 55.1 Å². The number of nitrogens with one attached hydrogen (secondary N) is 1. The van der Waals surface area contributed by atoms with Gasteiger partial charge in [0, 0.05) is 0 Å². The molecule has 2 aromatic rings. The van der Waals surface area contributed by atoms with E-state index in [1.165, 1.54) is 17.3 Å². The molecule has 1 aromatic heterocycles. The molecule has 21 heavy (non-hydrogen) atoms. The van der Waals surface area contributed by atoms with Crippen molar-refractivity contribution in [2.75, 3.05) is 5.32 Å². The van der Waals surface area contributed by atoms with E-state index in [9.17, 15) is 0 Å². The van der Waals surface area contributed by atoms with E-state index < -0.39 is 0 Å². The van der Waals surface area contributed by atoms with Crippen LogP contribution in [0.3, 0.4) is 0 Å². The van der Waals surface area contributed by atoms with Gasteiger partial charge in [-0.3, -0.25) is 0 Å². The average Bonchev–Trinajstić information content (AvgIpc) is 2.45. The molecule has 0 bridgehead atoms. The topological polar surface area (TPSA) is 61.6 Å². The molecule has 0 aliphatic rings. The zero-order chi connectivity index (χ0) is 15.5. The van der Waals surface area contributed by atoms with Crippen molar-refractivity contribution in [2.45, 2.75) is 33.7 Å². The van der Waals surface area contributed by atoms with E-state index in [4.69, 9.17) is 5.26 Å². The molecule has 0 spiro atoms. The number of anilines is 1. The Morgan fingerprint density at radius 1 is 1.14 bits per heavy atom. The summed E-state index contributed by atoms with van der Waals surface area (Å²) in [4.78, 5) is 8.32. The van der Waals surface area contributed by atoms with Gasteiger partial charge in [-0.25, -0.2) is 9.97 Å². The van der Waals surface area contributed by atoms with Gasteiger partial charge in [-0.1, -0.05) is 45.0 Å². The van der Waals surface area contributed by atoms with E-state index in [-0.39, 0.29) is 11.5 Å². The van der Waals surface area contributed by atoms with E-state index in [1.807, 2.05) is 18.2 Å². The van der Waals surface area contributed by atoms with Gasteiger partial charge in [0.15, 0.2) is 5.69 Å². The number of aryl methyl sites for hydroxylation is 1. The van der Waals surface area contributed by atoms with Crippen LogP contribution in [0.25, 0.3) is 0 Å². The normalized spacial score (nSPS) is 12.5. The van der Waals surface area contributed by atoms with Gasteiger partial charge in [0.25, 0.3) is 0 Å². The van der Waals surface area contributed by atoms with Crippen molar-refractivity contribution in [1.82, 2.24) is 9.97 Å². The Kier molecular flexibility index (Phi) is 4.23. The number of hydrogen-bond acceptors (Lipinski definition) is 4. The van der Waals surface area contributed by atoms with Crippen molar-refractivity contribution in [1.29, 1.82) is 5.26 Å². The Bertz CT molecular complexity index is 648. The monoisotopic (exact) mass is 280 g/mol. The summed E-state index contributed by atoms with van der Waals surface area (Å²) >= 11 is 0. The van der Waals surface area contributed by atoms with E-state index >= 15 is 0 Å². The van der Waals surface area contributed by atoms with Crippen LogP contribution in [-0.4, -0.2) is 9.97 Å². The second kappa shape index (κ2) is 5.92. The van der Waals surface area contributed by atoms with Gasteiger partial charge in [0.1, 0.15) is 11.9 Å². The standard InChI is InChI=1S/C17H20N4/c1-12-7-5-6-8-14(12)16(17(2,3)4)21-15-11-19-13(9-18)10-20-15/h5-8,10-11,16H,1-4H3,(H,20,21). The van der Waals surface area contributed by atoms with Crippen LogP contribution in [0.2, 0.25) is 0 Å². The summed E-state index contributed by atoms with van der Waals surface area (Å²) in [7, 11) is 0. The van der Waals surface area contributed by atoms with E-state index in [0.717, 1.165) is 0 Å². The van der Waals surface area contributed by atoms with Crippen molar-refractivity contribution in [3.63, 3.8) is 0 Å². The van der Waals surface area contributed by atoms with E-state index in [0.29, 0.717) is 11.5 Å². The predicted octanol–water partition coefficient (Wildman–Crippen LogP) is 3.86. The third kappa shape index (κ3) is 3.57. The summed E-state index contributed by atoms with van der Waals surface area (Å²) < 4.78 is 0. The Morgan fingerprint density at radius 2 is 1.86 bits per heavy atom. The molecule has 0 saturated heterocycles. The first-order chi connectivity index (χ1) is 9.91. The molecular formula is C17H20N4. The first-order valence-electron chi connectivity index (χ1n) is 6.96. The number of aromatic nitrogens is 2. The molecule has 0 saturated carbocycles. The third-order valence-corrected chi connectivity index (χ3v) is 3.42. The molecule has 1 atom stereocenters. The maximum atomic E-state index is 8.78. The minimum atomic E-state index is 0.0156. The molecule has 1 heterocycles. The summed E-state index contributed by atoms with van der Waals surface area (Å²) in [5.74, 6) is 0.678. The Morgan fingerprint density at radius 3 is 2.38 bits per heavy atom. The van der Waals surface area contributed by atoms with Crippen molar-refractivity contribution in [2.24, 2.45) is 5.41 Å². The fourth-order valence-corrected chi connectivity index (χ4v) is 2.28. The maximum absolute atomic E-state index is 8.78. The van der Waals surface area contributed by atoms with Gasteiger partial charge in [-0.2, -0.15) is 5.26 Å². The lowest BCUT2D eigenvalue weighted by Gasteiger charge is -2.33. The summed E-state index contributed by atoms with van der Waals surface area (Å²) in [5, 5.41) is 12.2. The fourth-order valence-electron chi connectivity index (χ4n) is 2.28. The lowest BCUT2D eigenvalue weighted by molar-refractivity contribution is 0.346. The van der Waals surface area contributed by atoms with Crippen LogP contribution in [0.15, 0.2) is 36.7 Å². The lowest BCUT2D eigenvalue weighted by Crippen LogP contribution is -2.27. The molecule has 1 aromatic carbocycles. The summed E-state index contributed by atoms with van der Waals surface area (Å²) in [6.07, 6.45) is 3.09. The zero-order valence-electron chi connectivity index (χ0n) is 12.9. The van der Waals surface area contributed by atoms with Crippen molar-refractivity contribution >= 4 is 5.82 Å². The SMILES string of the molecule is Cc1ccccc1C(Nc1cnc(C#N)cn1)C(C)(C)C. The van der Waals surface area contributed by atoms with Gasteiger partial charge in [0.2, 0.25) is 0 Å². The molecule has 108 valence electrons. The second-order valence-corrected chi connectivity index (χ2v) is 6.20. The number of benzene rings is 1. The van der Waals surface area contributed by atoms with Crippen LogP contribution in [0.4, 0.5) is 5.82 Å². The van der Waals surface area contributed by atoms with Crippen LogP contribution in [0, 0.1) is 23.7 Å². The van der Waals surface area contributed by atoms with E-state index in [1.54, 1.807) is 6.20 Å². The Hall–Kier alpha value is -2.41. The Balaban J connectivity index is 2.34. The first kappa shape index (κ1) is 15.0. The molecule has 4 heteroatoms. The number of rotatable bonds is 3. The van der Waals surface area contributed by atoms with Gasteiger partial charge in [-0.15, -0.1) is 0 Å². The van der Waals surface area contributed by atoms with Gasteiger partial charge < -0.3 is 5.32 Å². The number of nitrogens with zero attached hydrogens (tertiary/aromatic N) is 3. The number of nitriles is 1. The van der Waals surface area contributed by atoms with Crippen LogP contribution in [0.1, 0.15) is 43.6 Å². The highest BCUT2D eigenvalue weighted by atomic mass is 15.0. The maximum Gasteiger partial charge on any atom is 0.158 e. The van der Waals surface area contributed by atoms with Gasteiger partial charge >= 0.3 is 0 Å². The predicted molar refractivity (Wildman–Crippen MR) is 83.7 cm³/mol. The summed E-state index contributed by atoms with van der Waals surface area (Å²) in [5.41, 5.74) is 2.83. The minimum Gasteiger partial charge on any atom is -0.361 e. The van der Waals surface area contributed by atoms with Gasteiger partial charge in [-0.05, 0) is 23.5 Å². The first-order valence-corrected chi connectivity index (χ1v) is 6.96. The highest BCUT2D eigenvalue weighted by molar-refractivity contribution is 5.41. The Labute approximate surface area is 125 Å². The molecule has 4 nitrogen and oxygen atoms in total. The van der Waals surface area contributed by atoms with Crippen molar-refractivity contribution < 1.29 is 0 Å². The molecule has 1 N–H and O–H groups in total.